The van der Waals surface area contributed by atoms with Gasteiger partial charge in [0.2, 0.25) is 0 Å². The number of hydrogen-bond donors (Lipinski definition) is 0. The van der Waals surface area contributed by atoms with Crippen LogP contribution in [-0.2, 0) is 0 Å². The van der Waals surface area contributed by atoms with Crippen molar-refractivity contribution >= 4 is 17.4 Å². The molecule has 0 spiro atoms. The number of benzene rings is 1. The maximum absolute atomic E-state index is 12.3. The zero-order valence-corrected chi connectivity index (χ0v) is 11.8. The number of carbonyl (C=O) groups is 1. The zero-order chi connectivity index (χ0) is 13.2. The third-order valence-corrected chi connectivity index (χ3v) is 4.54. The van der Waals surface area contributed by atoms with Crippen molar-refractivity contribution in [2.24, 2.45) is 0 Å². The first-order valence-electron chi connectivity index (χ1n) is 6.98. The molecule has 1 atom stereocenters. The van der Waals surface area contributed by atoms with Crippen LogP contribution >= 0.6 is 11.6 Å². The lowest BCUT2D eigenvalue weighted by molar-refractivity contribution is 0.0784. The smallest absolute Gasteiger partial charge is 0.178 e. The second-order valence-corrected chi connectivity index (χ2v) is 5.88. The number of ketones is 1. The standard InChI is InChI=1S/C15H19ClN2O/c16-14-6-2-1-5-13(14)15(19)11-17-8-9-18-7-3-4-12(18)10-17/h1-2,5-6,12H,3-4,7-11H2. The molecule has 2 aliphatic rings. The summed E-state index contributed by atoms with van der Waals surface area (Å²) in [7, 11) is 0. The van der Waals surface area contributed by atoms with E-state index in [1.165, 1.54) is 19.4 Å². The number of carbonyl (C=O) groups excluding carboxylic acids is 1. The summed E-state index contributed by atoms with van der Waals surface area (Å²) in [5, 5.41) is 0.562. The van der Waals surface area contributed by atoms with Gasteiger partial charge in [-0.1, -0.05) is 23.7 Å². The van der Waals surface area contributed by atoms with Crippen molar-refractivity contribution < 1.29 is 4.79 Å². The fourth-order valence-electron chi connectivity index (χ4n) is 3.17. The Balaban J connectivity index is 1.62. The third-order valence-electron chi connectivity index (χ3n) is 4.21. The lowest BCUT2D eigenvalue weighted by atomic mass is 10.1. The van der Waals surface area contributed by atoms with Gasteiger partial charge in [-0.3, -0.25) is 14.6 Å². The quantitative estimate of drug-likeness (QED) is 0.793. The molecule has 2 heterocycles. The molecule has 0 amide bonds. The first kappa shape index (κ1) is 13.1. The van der Waals surface area contributed by atoms with Crippen molar-refractivity contribution in [2.75, 3.05) is 32.7 Å². The predicted molar refractivity (Wildman–Crippen MR) is 76.8 cm³/mol. The normalized spacial score (nSPS) is 24.4. The second kappa shape index (κ2) is 5.61. The number of halogens is 1. The van der Waals surface area contributed by atoms with Gasteiger partial charge in [0.05, 0.1) is 11.6 Å². The molecule has 1 aromatic carbocycles. The third kappa shape index (κ3) is 2.83. The lowest BCUT2D eigenvalue weighted by Gasteiger charge is -2.37. The Morgan fingerprint density at radius 2 is 2.11 bits per heavy atom. The van der Waals surface area contributed by atoms with Crippen molar-refractivity contribution in [3.05, 3.63) is 34.9 Å². The molecular formula is C15H19ClN2O. The highest BCUT2D eigenvalue weighted by atomic mass is 35.5. The molecule has 0 aromatic heterocycles. The van der Waals surface area contributed by atoms with Crippen LogP contribution in [0, 0.1) is 0 Å². The average Bonchev–Trinajstić information content (AvgIpc) is 2.86. The first-order chi connectivity index (χ1) is 9.24. The predicted octanol–water partition coefficient (Wildman–Crippen LogP) is 2.30. The minimum absolute atomic E-state index is 0.136. The molecule has 3 nitrogen and oxygen atoms in total. The van der Waals surface area contributed by atoms with Gasteiger partial charge in [0.1, 0.15) is 0 Å². The minimum Gasteiger partial charge on any atom is -0.298 e. The van der Waals surface area contributed by atoms with Crippen molar-refractivity contribution in [3.63, 3.8) is 0 Å². The highest BCUT2D eigenvalue weighted by Gasteiger charge is 2.31. The van der Waals surface area contributed by atoms with Gasteiger partial charge in [-0.25, -0.2) is 0 Å². The fraction of sp³-hybridized carbons (Fsp3) is 0.533. The van der Waals surface area contributed by atoms with Crippen LogP contribution in [0.4, 0.5) is 0 Å². The lowest BCUT2D eigenvalue weighted by Crippen LogP contribution is -2.51. The Hall–Kier alpha value is -0.900. The molecule has 0 radical (unpaired) electrons. The van der Waals surface area contributed by atoms with E-state index in [0.29, 0.717) is 23.2 Å². The molecule has 0 aliphatic carbocycles. The van der Waals surface area contributed by atoms with Crippen LogP contribution < -0.4 is 0 Å². The van der Waals surface area contributed by atoms with E-state index in [4.69, 9.17) is 11.6 Å². The molecule has 1 unspecified atom stereocenters. The van der Waals surface area contributed by atoms with Crippen LogP contribution in [0.15, 0.2) is 24.3 Å². The highest BCUT2D eigenvalue weighted by Crippen LogP contribution is 2.22. The zero-order valence-electron chi connectivity index (χ0n) is 11.0. The van der Waals surface area contributed by atoms with Gasteiger partial charge in [0.25, 0.3) is 0 Å². The maximum Gasteiger partial charge on any atom is 0.178 e. The number of Topliss-reactive ketones (excluding diaryl/α,β-unsaturated/α-hetero) is 1. The summed E-state index contributed by atoms with van der Waals surface area (Å²) in [5.41, 5.74) is 0.651. The molecule has 19 heavy (non-hydrogen) atoms. The van der Waals surface area contributed by atoms with Crippen LogP contribution in [0.2, 0.25) is 5.02 Å². The summed E-state index contributed by atoms with van der Waals surface area (Å²) >= 11 is 6.08. The summed E-state index contributed by atoms with van der Waals surface area (Å²) in [6.07, 6.45) is 2.58. The molecule has 2 fully saturated rings. The van der Waals surface area contributed by atoms with Crippen molar-refractivity contribution in [3.8, 4) is 0 Å². The molecule has 4 heteroatoms. The Kier molecular flexibility index (Phi) is 3.87. The minimum atomic E-state index is 0.136. The van der Waals surface area contributed by atoms with Crippen LogP contribution in [0.5, 0.6) is 0 Å². The largest absolute Gasteiger partial charge is 0.298 e. The van der Waals surface area contributed by atoms with E-state index >= 15 is 0 Å². The van der Waals surface area contributed by atoms with Gasteiger partial charge in [0.15, 0.2) is 5.78 Å². The summed E-state index contributed by atoms with van der Waals surface area (Å²) in [6, 6.07) is 7.98. The molecule has 102 valence electrons. The van der Waals surface area contributed by atoms with E-state index in [9.17, 15) is 4.79 Å². The van der Waals surface area contributed by atoms with Crippen molar-refractivity contribution in [1.82, 2.24) is 9.80 Å². The van der Waals surface area contributed by atoms with E-state index in [1.54, 1.807) is 6.07 Å². The summed E-state index contributed by atoms with van der Waals surface area (Å²) in [4.78, 5) is 17.1. The number of piperazine rings is 1. The monoisotopic (exact) mass is 278 g/mol. The summed E-state index contributed by atoms with van der Waals surface area (Å²) < 4.78 is 0. The van der Waals surface area contributed by atoms with Crippen molar-refractivity contribution in [2.45, 2.75) is 18.9 Å². The Morgan fingerprint density at radius 1 is 1.26 bits per heavy atom. The average molecular weight is 279 g/mol. The van der Waals surface area contributed by atoms with E-state index < -0.39 is 0 Å². The Bertz CT molecular complexity index is 477. The SMILES string of the molecule is O=C(CN1CCN2CCCC2C1)c1ccccc1Cl. The first-order valence-corrected chi connectivity index (χ1v) is 7.36. The molecular weight excluding hydrogens is 260 g/mol. The van der Waals surface area contributed by atoms with Crippen LogP contribution in [0.3, 0.4) is 0 Å². The number of rotatable bonds is 3. The Morgan fingerprint density at radius 3 is 2.95 bits per heavy atom. The molecule has 3 rings (SSSR count). The van der Waals surface area contributed by atoms with Gasteiger partial charge < -0.3 is 0 Å². The second-order valence-electron chi connectivity index (χ2n) is 5.47. The number of nitrogens with zero attached hydrogens (tertiary/aromatic N) is 2. The number of fused-ring (bicyclic) bond motifs is 1. The molecule has 0 bridgehead atoms. The van der Waals surface area contributed by atoms with Crippen LogP contribution in [0.25, 0.3) is 0 Å². The molecule has 2 saturated heterocycles. The maximum atomic E-state index is 12.3. The number of hydrogen-bond acceptors (Lipinski definition) is 3. The van der Waals surface area contributed by atoms with Gasteiger partial charge in [-0.2, -0.15) is 0 Å². The summed E-state index contributed by atoms with van der Waals surface area (Å²) in [6.45, 7) is 4.84. The Labute approximate surface area is 119 Å². The molecule has 0 N–H and O–H groups in total. The highest BCUT2D eigenvalue weighted by molar-refractivity contribution is 6.34. The topological polar surface area (TPSA) is 23.6 Å². The van der Waals surface area contributed by atoms with Gasteiger partial charge in [-0.05, 0) is 31.5 Å². The van der Waals surface area contributed by atoms with Gasteiger partial charge in [-0.15, -0.1) is 0 Å². The van der Waals surface area contributed by atoms with E-state index in [-0.39, 0.29) is 5.78 Å². The van der Waals surface area contributed by atoms with Gasteiger partial charge >= 0.3 is 0 Å². The molecule has 0 saturated carbocycles. The molecule has 1 aromatic rings. The van der Waals surface area contributed by atoms with Gasteiger partial charge in [0, 0.05) is 31.2 Å². The summed E-state index contributed by atoms with van der Waals surface area (Å²) in [5.74, 6) is 0.136. The molecule has 2 aliphatic heterocycles. The van der Waals surface area contributed by atoms with E-state index in [0.717, 1.165) is 19.6 Å². The van der Waals surface area contributed by atoms with Crippen LogP contribution in [-0.4, -0.2) is 54.3 Å². The van der Waals surface area contributed by atoms with E-state index in [2.05, 4.69) is 9.80 Å². The van der Waals surface area contributed by atoms with E-state index in [1.807, 2.05) is 18.2 Å². The van der Waals surface area contributed by atoms with Crippen molar-refractivity contribution in [1.29, 1.82) is 0 Å². The fourth-order valence-corrected chi connectivity index (χ4v) is 3.42. The van der Waals surface area contributed by atoms with Crippen LogP contribution in [0.1, 0.15) is 23.2 Å².